The second-order valence-electron chi connectivity index (χ2n) is 7.04. The third-order valence-corrected chi connectivity index (χ3v) is 6.64. The third-order valence-electron chi connectivity index (χ3n) is 6.39. The maximum Gasteiger partial charge on any atom is 0.233 e. The summed E-state index contributed by atoms with van der Waals surface area (Å²) in [4.78, 5) is 15.0. The van der Waals surface area contributed by atoms with Crippen molar-refractivity contribution in [3.63, 3.8) is 0 Å². The number of benzene rings is 1. The fourth-order valence-electron chi connectivity index (χ4n) is 5.70. The van der Waals surface area contributed by atoms with E-state index < -0.39 is 11.8 Å². The fraction of sp³-hybridized carbons (Fsp3) is 0.588. The highest BCUT2D eigenvalue weighted by Gasteiger charge is 2.77. The maximum absolute atomic E-state index is 13.1. The van der Waals surface area contributed by atoms with Crippen LogP contribution in [0.2, 0.25) is 5.02 Å². The molecule has 4 aliphatic rings. The van der Waals surface area contributed by atoms with Gasteiger partial charge in [-0.15, -0.1) is 0 Å². The number of hydrogen-bond acceptors (Lipinski definition) is 3. The van der Waals surface area contributed by atoms with Crippen LogP contribution in [0.3, 0.4) is 0 Å². The molecule has 1 aromatic carbocycles. The van der Waals surface area contributed by atoms with Crippen molar-refractivity contribution in [2.75, 3.05) is 4.90 Å². The third kappa shape index (κ3) is 1.28. The average Bonchev–Trinajstić information content (AvgIpc) is 3.17. The summed E-state index contributed by atoms with van der Waals surface area (Å²) in [7, 11) is 0. The number of aliphatic hydroxyl groups is 1. The van der Waals surface area contributed by atoms with E-state index in [2.05, 4.69) is 6.92 Å². The summed E-state index contributed by atoms with van der Waals surface area (Å²) in [6.45, 7) is 2.07. The van der Waals surface area contributed by atoms with Crippen LogP contribution in [0.5, 0.6) is 0 Å². The second-order valence-corrected chi connectivity index (χ2v) is 7.47. The molecule has 0 spiro atoms. The Balaban J connectivity index is 1.66. The molecule has 1 N–H and O–H groups in total. The van der Waals surface area contributed by atoms with E-state index in [4.69, 9.17) is 16.3 Å². The molecule has 2 bridgehead atoms. The highest BCUT2D eigenvalue weighted by Crippen LogP contribution is 2.68. The number of fused-ring (bicyclic) bond motifs is 2. The smallest absolute Gasteiger partial charge is 0.233 e. The van der Waals surface area contributed by atoms with Gasteiger partial charge in [-0.1, -0.05) is 18.5 Å². The summed E-state index contributed by atoms with van der Waals surface area (Å²) in [6, 6.07) is 7.39. The largest absolute Gasteiger partial charge is 0.390 e. The Morgan fingerprint density at radius 2 is 2.09 bits per heavy atom. The van der Waals surface area contributed by atoms with Gasteiger partial charge in [0.05, 0.1) is 18.1 Å². The molecular weight excluding hydrogens is 302 g/mol. The van der Waals surface area contributed by atoms with Gasteiger partial charge in [-0.25, -0.2) is 0 Å². The first-order chi connectivity index (χ1) is 10.6. The number of amides is 1. The van der Waals surface area contributed by atoms with Crippen LogP contribution in [0.15, 0.2) is 24.3 Å². The zero-order chi connectivity index (χ0) is 15.2. The van der Waals surface area contributed by atoms with E-state index in [-0.39, 0.29) is 29.8 Å². The van der Waals surface area contributed by atoms with E-state index in [1.165, 1.54) is 0 Å². The van der Waals surface area contributed by atoms with E-state index in [0.717, 1.165) is 18.5 Å². The Labute approximate surface area is 134 Å². The molecule has 2 heterocycles. The minimum Gasteiger partial charge on any atom is -0.390 e. The second kappa shape index (κ2) is 4.05. The minimum absolute atomic E-state index is 0.0678. The molecule has 1 aromatic rings. The molecule has 7 atom stereocenters. The molecule has 4 fully saturated rings. The number of aliphatic hydroxyl groups excluding tert-OH is 1. The Bertz CT molecular complexity index is 662. The lowest BCUT2D eigenvalue weighted by Crippen LogP contribution is -2.50. The lowest BCUT2D eigenvalue weighted by Gasteiger charge is -2.38. The van der Waals surface area contributed by atoms with E-state index in [9.17, 15) is 9.90 Å². The highest BCUT2D eigenvalue weighted by molar-refractivity contribution is 6.30. The van der Waals surface area contributed by atoms with Crippen LogP contribution in [-0.4, -0.2) is 28.9 Å². The number of ether oxygens (including phenoxy) is 1. The summed E-state index contributed by atoms with van der Waals surface area (Å²) < 4.78 is 6.37. The van der Waals surface area contributed by atoms with Gasteiger partial charge >= 0.3 is 0 Å². The van der Waals surface area contributed by atoms with Gasteiger partial charge in [-0.05, 0) is 48.9 Å². The quantitative estimate of drug-likeness (QED) is 0.911. The Kier molecular flexibility index (Phi) is 2.46. The van der Waals surface area contributed by atoms with Crippen molar-refractivity contribution < 1.29 is 14.6 Å². The van der Waals surface area contributed by atoms with Gasteiger partial charge < -0.3 is 9.84 Å². The van der Waals surface area contributed by atoms with Gasteiger partial charge in [0.15, 0.2) is 5.72 Å². The van der Waals surface area contributed by atoms with Crippen molar-refractivity contribution in [1.82, 2.24) is 0 Å². The highest BCUT2D eigenvalue weighted by atomic mass is 35.5. The van der Waals surface area contributed by atoms with Crippen molar-refractivity contribution in [2.24, 2.45) is 23.7 Å². The summed E-state index contributed by atoms with van der Waals surface area (Å²) in [5.74, 6) is 0.636. The summed E-state index contributed by atoms with van der Waals surface area (Å²) >= 11 is 5.98. The predicted octanol–water partition coefficient (Wildman–Crippen LogP) is 2.43. The number of rotatable bonds is 2. The zero-order valence-corrected chi connectivity index (χ0v) is 13.0. The SMILES string of the molecule is CC[C@]12O[C@@H]3[C@H](O)[C@H]4C[C@H]3[C@H]1[C@H]4C(=O)N2c1ccc(Cl)cc1. The first-order valence-electron chi connectivity index (χ1n) is 8.04. The van der Waals surface area contributed by atoms with Crippen LogP contribution in [0.25, 0.3) is 0 Å². The summed E-state index contributed by atoms with van der Waals surface area (Å²) in [5, 5.41) is 11.1. The lowest BCUT2D eigenvalue weighted by molar-refractivity contribution is -0.133. The molecule has 2 saturated carbocycles. The van der Waals surface area contributed by atoms with Gasteiger partial charge in [0.1, 0.15) is 0 Å². The molecule has 2 aliphatic carbocycles. The topological polar surface area (TPSA) is 49.8 Å². The molecule has 0 aromatic heterocycles. The normalized spacial score (nSPS) is 47.8. The van der Waals surface area contributed by atoms with E-state index in [0.29, 0.717) is 10.9 Å². The van der Waals surface area contributed by atoms with Crippen molar-refractivity contribution in [3.05, 3.63) is 29.3 Å². The van der Waals surface area contributed by atoms with Crippen molar-refractivity contribution in [3.8, 4) is 0 Å². The van der Waals surface area contributed by atoms with Crippen LogP contribution >= 0.6 is 11.6 Å². The Hall–Kier alpha value is -1.10. The Morgan fingerprint density at radius 3 is 2.77 bits per heavy atom. The van der Waals surface area contributed by atoms with E-state index in [1.807, 2.05) is 29.2 Å². The van der Waals surface area contributed by atoms with Gasteiger partial charge in [0, 0.05) is 16.6 Å². The summed E-state index contributed by atoms with van der Waals surface area (Å²) in [5.41, 5.74) is 0.261. The van der Waals surface area contributed by atoms with Crippen LogP contribution in [0.4, 0.5) is 5.69 Å². The number of hydrogen-bond donors (Lipinski definition) is 1. The van der Waals surface area contributed by atoms with E-state index >= 15 is 0 Å². The molecule has 4 nitrogen and oxygen atoms in total. The van der Waals surface area contributed by atoms with Crippen LogP contribution in [0, 0.1) is 23.7 Å². The molecular formula is C17H18ClNO3. The van der Waals surface area contributed by atoms with Gasteiger partial charge in [0.2, 0.25) is 5.91 Å². The molecule has 2 aliphatic heterocycles. The molecule has 5 heteroatoms. The van der Waals surface area contributed by atoms with Crippen LogP contribution < -0.4 is 4.90 Å². The van der Waals surface area contributed by atoms with Crippen LogP contribution in [0.1, 0.15) is 19.8 Å². The molecule has 2 saturated heterocycles. The van der Waals surface area contributed by atoms with Crippen LogP contribution in [-0.2, 0) is 9.53 Å². The van der Waals surface area contributed by atoms with Gasteiger partial charge in [-0.2, -0.15) is 0 Å². The predicted molar refractivity (Wildman–Crippen MR) is 81.4 cm³/mol. The number of carbonyl (C=O) groups is 1. The van der Waals surface area contributed by atoms with Gasteiger partial charge in [0.25, 0.3) is 0 Å². The molecule has 5 rings (SSSR count). The number of nitrogens with zero attached hydrogens (tertiary/aromatic N) is 1. The summed E-state index contributed by atoms with van der Waals surface area (Å²) in [6.07, 6.45) is 1.10. The molecule has 116 valence electrons. The molecule has 22 heavy (non-hydrogen) atoms. The number of carbonyl (C=O) groups excluding carboxylic acids is 1. The maximum atomic E-state index is 13.1. The zero-order valence-electron chi connectivity index (χ0n) is 12.3. The number of anilines is 1. The first kappa shape index (κ1) is 13.3. The Morgan fingerprint density at radius 1 is 1.36 bits per heavy atom. The minimum atomic E-state index is -0.586. The van der Waals surface area contributed by atoms with Gasteiger partial charge in [-0.3, -0.25) is 9.69 Å². The number of halogens is 1. The standard InChI is InChI=1S/C17H18ClNO3/c1-2-17-13-11-7-10(14(20)15(11)22-17)12(13)16(21)19(17)9-5-3-8(18)4-6-9/h3-6,10-15,20H,2,7H2,1H3/t10-,11-,12-,13-,14+,15-,17-/m0/s1. The van der Waals surface area contributed by atoms with Crippen molar-refractivity contribution >= 4 is 23.2 Å². The average molecular weight is 320 g/mol. The molecule has 1 amide bonds. The fourth-order valence-corrected chi connectivity index (χ4v) is 5.83. The van der Waals surface area contributed by atoms with Crippen molar-refractivity contribution in [1.29, 1.82) is 0 Å². The van der Waals surface area contributed by atoms with Crippen molar-refractivity contribution in [2.45, 2.75) is 37.7 Å². The monoisotopic (exact) mass is 319 g/mol. The first-order valence-corrected chi connectivity index (χ1v) is 8.42. The van der Waals surface area contributed by atoms with E-state index in [1.54, 1.807) is 0 Å². The lowest BCUT2D eigenvalue weighted by atomic mass is 9.76. The molecule has 0 unspecified atom stereocenters. The molecule has 0 radical (unpaired) electrons.